The Morgan fingerprint density at radius 3 is 2.75 bits per heavy atom. The molecule has 0 saturated heterocycles. The number of guanidine groups is 1. The van der Waals surface area contributed by atoms with E-state index < -0.39 is 0 Å². The Morgan fingerprint density at radius 2 is 2.25 bits per heavy atom. The van der Waals surface area contributed by atoms with Crippen molar-refractivity contribution in [3.05, 3.63) is 0 Å². The molecule has 1 N–H and O–H groups in total. The summed E-state index contributed by atoms with van der Waals surface area (Å²) in [5, 5.41) is 11.0. The van der Waals surface area contributed by atoms with Crippen molar-refractivity contribution >= 4 is 5.96 Å². The van der Waals surface area contributed by atoms with Crippen LogP contribution in [0.3, 0.4) is 0 Å². The summed E-state index contributed by atoms with van der Waals surface area (Å²) in [4.78, 5) is 6.28. The molecule has 1 rings (SSSR count). The normalized spacial score (nSPS) is 17.2. The van der Waals surface area contributed by atoms with Crippen molar-refractivity contribution in [1.82, 2.24) is 10.2 Å². The number of hydrogen-bond acceptors (Lipinski definition) is 4. The predicted molar refractivity (Wildman–Crippen MR) is 47.5 cm³/mol. The van der Waals surface area contributed by atoms with E-state index in [1.54, 1.807) is 0 Å². The van der Waals surface area contributed by atoms with E-state index in [0.29, 0.717) is 5.96 Å². The minimum atomic E-state index is 0.0409. The molecule has 4 nitrogen and oxygen atoms in total. The fraction of sp³-hybridized carbons (Fsp3) is 0.750. The SMILES string of the molecule is CC(C)(C)N1CCN=C1NC#N. The lowest BCUT2D eigenvalue weighted by molar-refractivity contribution is 0.252. The Bertz CT molecular complexity index is 230. The molecule has 66 valence electrons. The second-order valence-electron chi connectivity index (χ2n) is 3.76. The molecule has 0 aliphatic carbocycles. The van der Waals surface area contributed by atoms with Gasteiger partial charge in [-0.3, -0.25) is 10.3 Å². The van der Waals surface area contributed by atoms with E-state index in [1.807, 2.05) is 6.19 Å². The van der Waals surface area contributed by atoms with E-state index in [1.165, 1.54) is 0 Å². The summed E-state index contributed by atoms with van der Waals surface area (Å²) < 4.78 is 0. The quantitative estimate of drug-likeness (QED) is 0.422. The zero-order valence-corrected chi connectivity index (χ0v) is 7.76. The van der Waals surface area contributed by atoms with Crippen LogP contribution in [0.4, 0.5) is 0 Å². The van der Waals surface area contributed by atoms with Crippen LogP contribution in [0, 0.1) is 11.5 Å². The summed E-state index contributed by atoms with van der Waals surface area (Å²) in [6.07, 6.45) is 1.89. The van der Waals surface area contributed by atoms with Gasteiger partial charge in [-0.2, -0.15) is 5.26 Å². The molecule has 0 amide bonds. The molecular weight excluding hydrogens is 152 g/mol. The molecule has 4 heteroatoms. The van der Waals surface area contributed by atoms with Crippen molar-refractivity contribution in [3.63, 3.8) is 0 Å². The van der Waals surface area contributed by atoms with Gasteiger partial charge >= 0.3 is 0 Å². The Labute approximate surface area is 72.9 Å². The van der Waals surface area contributed by atoms with E-state index >= 15 is 0 Å². The highest BCUT2D eigenvalue weighted by molar-refractivity contribution is 5.83. The highest BCUT2D eigenvalue weighted by Crippen LogP contribution is 2.15. The highest BCUT2D eigenvalue weighted by atomic mass is 15.4. The van der Waals surface area contributed by atoms with Crippen molar-refractivity contribution < 1.29 is 0 Å². The zero-order chi connectivity index (χ0) is 9.19. The van der Waals surface area contributed by atoms with Gasteiger partial charge in [0.1, 0.15) is 0 Å². The van der Waals surface area contributed by atoms with E-state index in [2.05, 4.69) is 36.0 Å². The summed E-state index contributed by atoms with van der Waals surface area (Å²) in [6.45, 7) is 7.99. The summed E-state index contributed by atoms with van der Waals surface area (Å²) in [5.41, 5.74) is 0.0409. The fourth-order valence-corrected chi connectivity index (χ4v) is 1.26. The van der Waals surface area contributed by atoms with Gasteiger partial charge in [-0.05, 0) is 20.8 Å². The minimum Gasteiger partial charge on any atom is -0.335 e. The van der Waals surface area contributed by atoms with Gasteiger partial charge in [0.25, 0.3) is 0 Å². The first-order chi connectivity index (χ1) is 5.55. The number of rotatable bonds is 0. The summed E-state index contributed by atoms with van der Waals surface area (Å²) >= 11 is 0. The van der Waals surface area contributed by atoms with E-state index in [4.69, 9.17) is 5.26 Å². The van der Waals surface area contributed by atoms with Crippen LogP contribution in [0.1, 0.15) is 20.8 Å². The number of hydrogen-bond donors (Lipinski definition) is 1. The molecule has 0 aromatic rings. The lowest BCUT2D eigenvalue weighted by atomic mass is 10.1. The molecule has 0 unspecified atom stereocenters. The standard InChI is InChI=1S/C8H14N4/c1-8(2,3)12-5-4-10-7(12)11-6-9/h4-5H2,1-3H3,(H,10,11). The first-order valence-electron chi connectivity index (χ1n) is 4.03. The highest BCUT2D eigenvalue weighted by Gasteiger charge is 2.27. The lowest BCUT2D eigenvalue weighted by Crippen LogP contribution is -2.47. The van der Waals surface area contributed by atoms with Crippen LogP contribution in [0.5, 0.6) is 0 Å². The molecule has 0 radical (unpaired) electrons. The third-order valence-corrected chi connectivity index (χ3v) is 1.82. The van der Waals surface area contributed by atoms with Crippen LogP contribution in [0.2, 0.25) is 0 Å². The van der Waals surface area contributed by atoms with Crippen molar-refractivity contribution in [1.29, 1.82) is 5.26 Å². The van der Waals surface area contributed by atoms with Gasteiger partial charge in [0, 0.05) is 12.1 Å². The van der Waals surface area contributed by atoms with Crippen LogP contribution < -0.4 is 5.32 Å². The number of nitriles is 1. The largest absolute Gasteiger partial charge is 0.335 e. The number of nitrogens with zero attached hydrogens (tertiary/aromatic N) is 3. The molecule has 1 aliphatic heterocycles. The third kappa shape index (κ3) is 1.67. The van der Waals surface area contributed by atoms with Crippen LogP contribution in [-0.4, -0.2) is 29.5 Å². The maximum atomic E-state index is 8.44. The van der Waals surface area contributed by atoms with E-state index in [0.717, 1.165) is 13.1 Å². The van der Waals surface area contributed by atoms with E-state index in [9.17, 15) is 0 Å². The van der Waals surface area contributed by atoms with Gasteiger partial charge in [0.05, 0.1) is 6.54 Å². The van der Waals surface area contributed by atoms with Crippen LogP contribution in [0.15, 0.2) is 4.99 Å². The molecular formula is C8H14N4. The summed E-state index contributed by atoms with van der Waals surface area (Å²) in [6, 6.07) is 0. The Morgan fingerprint density at radius 1 is 1.58 bits per heavy atom. The molecule has 0 aromatic carbocycles. The molecule has 0 atom stereocenters. The molecule has 12 heavy (non-hydrogen) atoms. The van der Waals surface area contributed by atoms with Gasteiger partial charge in [0.2, 0.25) is 5.96 Å². The number of aliphatic imine (C=N–C) groups is 1. The number of nitrogens with one attached hydrogen (secondary N) is 1. The molecule has 0 fully saturated rings. The van der Waals surface area contributed by atoms with Gasteiger partial charge in [-0.1, -0.05) is 0 Å². The predicted octanol–water partition coefficient (Wildman–Crippen LogP) is 0.527. The van der Waals surface area contributed by atoms with Crippen LogP contribution in [-0.2, 0) is 0 Å². The summed E-state index contributed by atoms with van der Waals surface area (Å²) in [7, 11) is 0. The maximum Gasteiger partial charge on any atom is 0.207 e. The lowest BCUT2D eigenvalue weighted by Gasteiger charge is -2.33. The minimum absolute atomic E-state index is 0.0409. The van der Waals surface area contributed by atoms with Crippen molar-refractivity contribution in [2.75, 3.05) is 13.1 Å². The van der Waals surface area contributed by atoms with Gasteiger partial charge < -0.3 is 4.90 Å². The van der Waals surface area contributed by atoms with Gasteiger partial charge in [-0.15, -0.1) is 0 Å². The van der Waals surface area contributed by atoms with Crippen molar-refractivity contribution in [3.8, 4) is 6.19 Å². The molecule has 0 spiro atoms. The molecule has 0 aromatic heterocycles. The first-order valence-corrected chi connectivity index (χ1v) is 4.03. The van der Waals surface area contributed by atoms with Crippen molar-refractivity contribution in [2.24, 2.45) is 4.99 Å². The Hall–Kier alpha value is -1.24. The van der Waals surface area contributed by atoms with Crippen LogP contribution >= 0.6 is 0 Å². The van der Waals surface area contributed by atoms with Crippen molar-refractivity contribution in [2.45, 2.75) is 26.3 Å². The Balaban J connectivity index is 2.70. The third-order valence-electron chi connectivity index (χ3n) is 1.82. The second kappa shape index (κ2) is 3.02. The van der Waals surface area contributed by atoms with Crippen LogP contribution in [0.25, 0.3) is 0 Å². The average molecular weight is 166 g/mol. The molecule has 1 aliphatic rings. The maximum absolute atomic E-state index is 8.44. The Kier molecular flexibility index (Phi) is 2.22. The second-order valence-corrected chi connectivity index (χ2v) is 3.76. The average Bonchev–Trinajstić information content (AvgIpc) is 2.34. The molecule has 1 heterocycles. The van der Waals surface area contributed by atoms with Gasteiger partial charge in [-0.25, -0.2) is 0 Å². The zero-order valence-electron chi connectivity index (χ0n) is 7.76. The smallest absolute Gasteiger partial charge is 0.207 e. The topological polar surface area (TPSA) is 51.4 Å². The van der Waals surface area contributed by atoms with Gasteiger partial charge in [0.15, 0.2) is 6.19 Å². The van der Waals surface area contributed by atoms with E-state index in [-0.39, 0.29) is 5.54 Å². The molecule has 0 saturated carbocycles. The first kappa shape index (κ1) is 8.85. The monoisotopic (exact) mass is 166 g/mol. The molecule has 0 bridgehead atoms. The fourth-order valence-electron chi connectivity index (χ4n) is 1.26. The summed E-state index contributed by atoms with van der Waals surface area (Å²) in [5.74, 6) is 0.699.